The monoisotopic (exact) mass is 438 g/mol. The van der Waals surface area contributed by atoms with Crippen molar-refractivity contribution in [3.63, 3.8) is 0 Å². The fraction of sp³-hybridized carbons (Fsp3) is 0.292. The van der Waals surface area contributed by atoms with Crippen LogP contribution in [0.15, 0.2) is 61.2 Å². The molecule has 0 heterocycles. The molecule has 168 valence electrons. The number of carboxylic acids is 1. The van der Waals surface area contributed by atoms with E-state index in [9.17, 15) is 19.5 Å². The minimum absolute atomic E-state index is 0.106. The maximum Gasteiger partial charge on any atom is 0.407 e. The van der Waals surface area contributed by atoms with Crippen molar-refractivity contribution >= 4 is 18.0 Å². The molecule has 0 fully saturated rings. The second-order valence-electron chi connectivity index (χ2n) is 7.54. The second kappa shape index (κ2) is 10.6. The molecule has 0 saturated heterocycles. The van der Waals surface area contributed by atoms with Crippen molar-refractivity contribution in [2.24, 2.45) is 0 Å². The molecule has 3 rings (SSSR count). The Morgan fingerprint density at radius 1 is 1.06 bits per heavy atom. The van der Waals surface area contributed by atoms with Gasteiger partial charge in [-0.25, -0.2) is 4.79 Å². The summed E-state index contributed by atoms with van der Waals surface area (Å²) in [6.07, 6.45) is -0.853. The van der Waals surface area contributed by atoms with Gasteiger partial charge in [-0.15, -0.1) is 6.58 Å². The number of aliphatic hydroxyl groups excluding tert-OH is 1. The summed E-state index contributed by atoms with van der Waals surface area (Å²) < 4.78 is 5.45. The van der Waals surface area contributed by atoms with E-state index in [1.165, 1.54) is 6.08 Å². The van der Waals surface area contributed by atoms with E-state index in [1.54, 1.807) is 0 Å². The molecule has 8 heteroatoms. The molecule has 0 aromatic heterocycles. The molecule has 2 atom stereocenters. The van der Waals surface area contributed by atoms with Crippen LogP contribution in [0.5, 0.6) is 0 Å². The van der Waals surface area contributed by atoms with Crippen LogP contribution in [0, 0.1) is 0 Å². The van der Waals surface area contributed by atoms with E-state index >= 15 is 0 Å². The largest absolute Gasteiger partial charge is 0.481 e. The highest BCUT2D eigenvalue weighted by molar-refractivity contribution is 5.86. The van der Waals surface area contributed by atoms with E-state index in [0.29, 0.717) is 0 Å². The van der Waals surface area contributed by atoms with Gasteiger partial charge in [-0.3, -0.25) is 9.59 Å². The van der Waals surface area contributed by atoms with Crippen LogP contribution in [-0.2, 0) is 14.3 Å². The Morgan fingerprint density at radius 2 is 1.66 bits per heavy atom. The third kappa shape index (κ3) is 5.53. The molecule has 0 saturated carbocycles. The minimum atomic E-state index is -1.23. The van der Waals surface area contributed by atoms with Crippen molar-refractivity contribution in [3.8, 4) is 11.1 Å². The molecule has 2 aromatic carbocycles. The minimum Gasteiger partial charge on any atom is -0.481 e. The summed E-state index contributed by atoms with van der Waals surface area (Å²) in [7, 11) is 0. The van der Waals surface area contributed by atoms with Crippen LogP contribution >= 0.6 is 0 Å². The number of amides is 2. The van der Waals surface area contributed by atoms with Gasteiger partial charge in [-0.1, -0.05) is 54.6 Å². The Morgan fingerprint density at radius 3 is 2.22 bits per heavy atom. The van der Waals surface area contributed by atoms with Crippen LogP contribution in [-0.4, -0.2) is 53.5 Å². The lowest BCUT2D eigenvalue weighted by Crippen LogP contribution is -2.48. The molecule has 8 nitrogen and oxygen atoms in total. The third-order valence-corrected chi connectivity index (χ3v) is 5.28. The smallest absolute Gasteiger partial charge is 0.407 e. The average molecular weight is 438 g/mol. The first kappa shape index (κ1) is 23.0. The van der Waals surface area contributed by atoms with Crippen LogP contribution in [0.1, 0.15) is 29.9 Å². The maximum absolute atomic E-state index is 12.4. The molecule has 4 N–H and O–H groups in total. The van der Waals surface area contributed by atoms with Crippen LogP contribution < -0.4 is 10.6 Å². The number of ether oxygens (including phenoxy) is 1. The van der Waals surface area contributed by atoms with Gasteiger partial charge in [-0.05, 0) is 28.7 Å². The highest BCUT2D eigenvalue weighted by Crippen LogP contribution is 2.44. The van der Waals surface area contributed by atoms with Crippen LogP contribution in [0.4, 0.5) is 4.79 Å². The van der Waals surface area contributed by atoms with Crippen LogP contribution in [0.25, 0.3) is 11.1 Å². The standard InChI is InChI=1S/C24H26N2O6/c1-2-7-21(23(30)25-13-15(27)12-22(28)29)26-24(31)32-14-20-18-10-5-3-8-16(18)17-9-4-6-11-19(17)20/h2-6,8-11,15,20-21,27H,1,7,12-14H2,(H,25,30)(H,26,31)(H,28,29). The fourth-order valence-corrected chi connectivity index (χ4v) is 3.80. The number of aliphatic carboxylic acids is 1. The molecule has 0 radical (unpaired) electrons. The van der Waals surface area contributed by atoms with Gasteiger partial charge in [0.1, 0.15) is 12.6 Å². The van der Waals surface area contributed by atoms with E-state index in [-0.39, 0.29) is 25.5 Å². The summed E-state index contributed by atoms with van der Waals surface area (Å²) >= 11 is 0. The van der Waals surface area contributed by atoms with Gasteiger partial charge in [0.2, 0.25) is 5.91 Å². The van der Waals surface area contributed by atoms with Gasteiger partial charge in [0.25, 0.3) is 0 Å². The van der Waals surface area contributed by atoms with Gasteiger partial charge in [0.15, 0.2) is 0 Å². The van der Waals surface area contributed by atoms with E-state index in [2.05, 4.69) is 17.2 Å². The SMILES string of the molecule is C=CCC(NC(=O)OCC1c2ccccc2-c2ccccc21)C(=O)NCC(O)CC(=O)O. The molecule has 2 aromatic rings. The molecule has 0 aliphatic heterocycles. The Bertz CT molecular complexity index is 960. The number of alkyl carbamates (subject to hydrolysis) is 1. The van der Waals surface area contributed by atoms with Crippen molar-refractivity contribution in [1.29, 1.82) is 0 Å². The maximum atomic E-state index is 12.4. The molecule has 0 bridgehead atoms. The number of carbonyl (C=O) groups excluding carboxylic acids is 2. The Hall–Kier alpha value is -3.65. The lowest BCUT2D eigenvalue weighted by atomic mass is 9.98. The number of benzene rings is 2. The summed E-state index contributed by atoms with van der Waals surface area (Å²) in [5, 5.41) is 23.2. The number of hydrogen-bond acceptors (Lipinski definition) is 5. The molecular weight excluding hydrogens is 412 g/mol. The number of hydrogen-bond donors (Lipinski definition) is 4. The summed E-state index contributed by atoms with van der Waals surface area (Å²) in [6.45, 7) is 3.45. The summed E-state index contributed by atoms with van der Waals surface area (Å²) in [5.41, 5.74) is 4.38. The molecule has 1 aliphatic carbocycles. The van der Waals surface area contributed by atoms with Crippen molar-refractivity contribution in [2.45, 2.75) is 30.9 Å². The topological polar surface area (TPSA) is 125 Å². The first-order valence-electron chi connectivity index (χ1n) is 10.3. The first-order valence-corrected chi connectivity index (χ1v) is 10.3. The zero-order valence-corrected chi connectivity index (χ0v) is 17.5. The summed E-state index contributed by atoms with van der Waals surface area (Å²) in [6, 6.07) is 15.0. The summed E-state index contributed by atoms with van der Waals surface area (Å²) in [5.74, 6) is -1.85. The number of carboxylic acid groups (broad SMARTS) is 1. The number of rotatable bonds is 10. The second-order valence-corrected chi connectivity index (χ2v) is 7.54. The fourth-order valence-electron chi connectivity index (χ4n) is 3.80. The van der Waals surface area contributed by atoms with Crippen molar-refractivity contribution in [2.75, 3.05) is 13.2 Å². The zero-order chi connectivity index (χ0) is 23.1. The van der Waals surface area contributed by atoms with Crippen LogP contribution in [0.3, 0.4) is 0 Å². The van der Waals surface area contributed by atoms with E-state index in [4.69, 9.17) is 9.84 Å². The molecule has 0 spiro atoms. The lowest BCUT2D eigenvalue weighted by molar-refractivity contribution is -0.139. The molecule has 1 aliphatic rings. The van der Waals surface area contributed by atoms with Gasteiger partial charge in [-0.2, -0.15) is 0 Å². The first-order chi connectivity index (χ1) is 15.4. The Balaban J connectivity index is 1.58. The highest BCUT2D eigenvalue weighted by atomic mass is 16.5. The van der Waals surface area contributed by atoms with Crippen molar-refractivity contribution in [1.82, 2.24) is 10.6 Å². The normalized spacial score (nSPS) is 13.9. The van der Waals surface area contributed by atoms with Gasteiger partial charge in [0.05, 0.1) is 12.5 Å². The predicted molar refractivity (Wildman–Crippen MR) is 118 cm³/mol. The van der Waals surface area contributed by atoms with E-state index in [1.807, 2.05) is 48.5 Å². The molecule has 2 unspecified atom stereocenters. The van der Waals surface area contributed by atoms with Gasteiger partial charge >= 0.3 is 12.1 Å². The Labute approximate surface area is 185 Å². The number of aliphatic hydroxyl groups is 1. The van der Waals surface area contributed by atoms with Gasteiger partial charge in [0, 0.05) is 12.5 Å². The summed E-state index contributed by atoms with van der Waals surface area (Å²) in [4.78, 5) is 35.4. The molecular formula is C24H26N2O6. The van der Waals surface area contributed by atoms with Crippen LogP contribution in [0.2, 0.25) is 0 Å². The average Bonchev–Trinajstić information content (AvgIpc) is 3.09. The third-order valence-electron chi connectivity index (χ3n) is 5.28. The molecule has 32 heavy (non-hydrogen) atoms. The zero-order valence-electron chi connectivity index (χ0n) is 17.5. The quantitative estimate of drug-likeness (QED) is 0.422. The highest BCUT2D eigenvalue weighted by Gasteiger charge is 2.29. The molecule has 2 amide bonds. The van der Waals surface area contributed by atoms with E-state index in [0.717, 1.165) is 22.3 Å². The number of carbonyl (C=O) groups is 3. The van der Waals surface area contributed by atoms with E-state index < -0.39 is 36.5 Å². The van der Waals surface area contributed by atoms with Crippen molar-refractivity contribution in [3.05, 3.63) is 72.3 Å². The van der Waals surface area contributed by atoms with Gasteiger partial charge < -0.3 is 25.6 Å². The number of fused-ring (bicyclic) bond motifs is 3. The predicted octanol–water partition coefficient (Wildman–Crippen LogP) is 2.42. The number of nitrogens with one attached hydrogen (secondary N) is 2. The Kier molecular flexibility index (Phi) is 7.62. The lowest BCUT2D eigenvalue weighted by Gasteiger charge is -2.19. The van der Waals surface area contributed by atoms with Crippen molar-refractivity contribution < 1.29 is 29.3 Å².